The van der Waals surface area contributed by atoms with Crippen LogP contribution in [0.4, 0.5) is 17.2 Å². The highest BCUT2D eigenvalue weighted by Gasteiger charge is 2.23. The number of benzene rings is 2. The average Bonchev–Trinajstić information content (AvgIpc) is 2.71. The van der Waals surface area contributed by atoms with Gasteiger partial charge in [0.05, 0.1) is 4.92 Å². The molecule has 0 fully saturated rings. The molecular weight excluding hydrogens is 344 g/mol. The van der Waals surface area contributed by atoms with E-state index >= 15 is 0 Å². The van der Waals surface area contributed by atoms with Gasteiger partial charge < -0.3 is 10.6 Å². The lowest BCUT2D eigenvalue weighted by molar-refractivity contribution is -0.383. The highest BCUT2D eigenvalue weighted by Crippen LogP contribution is 2.32. The van der Waals surface area contributed by atoms with Crippen molar-refractivity contribution in [1.29, 1.82) is 0 Å². The lowest BCUT2D eigenvalue weighted by Gasteiger charge is -2.12. The van der Waals surface area contributed by atoms with E-state index in [1.165, 1.54) is 6.07 Å². The van der Waals surface area contributed by atoms with Crippen molar-refractivity contribution in [3.63, 3.8) is 0 Å². The first-order valence-electron chi connectivity index (χ1n) is 8.37. The zero-order valence-corrected chi connectivity index (χ0v) is 14.5. The standard InChI is InChI=1S/C20H18N4O3/c25-14-17-11-18(21-12-15-7-3-1-4-8-15)19(24(26)27)20(23-17)22-13-16-9-5-2-6-10-16/h1-11,14H,12-13H2,(H2,21,22,23). The van der Waals surface area contributed by atoms with Crippen LogP contribution in [0.3, 0.4) is 0 Å². The van der Waals surface area contributed by atoms with E-state index in [0.29, 0.717) is 19.4 Å². The maximum absolute atomic E-state index is 11.7. The van der Waals surface area contributed by atoms with Crippen molar-refractivity contribution >= 4 is 23.5 Å². The second-order valence-corrected chi connectivity index (χ2v) is 5.85. The number of nitro groups is 1. The summed E-state index contributed by atoms with van der Waals surface area (Å²) in [4.78, 5) is 26.5. The fourth-order valence-corrected chi connectivity index (χ4v) is 2.64. The lowest BCUT2D eigenvalue weighted by atomic mass is 10.2. The summed E-state index contributed by atoms with van der Waals surface area (Å²) < 4.78 is 0. The summed E-state index contributed by atoms with van der Waals surface area (Å²) in [6.07, 6.45) is 0.575. The lowest BCUT2D eigenvalue weighted by Crippen LogP contribution is -2.10. The molecule has 0 unspecified atom stereocenters. The molecular formula is C20H18N4O3. The average molecular weight is 362 g/mol. The number of aldehydes is 1. The highest BCUT2D eigenvalue weighted by molar-refractivity contribution is 5.82. The molecule has 0 aliphatic carbocycles. The smallest absolute Gasteiger partial charge is 0.334 e. The zero-order valence-electron chi connectivity index (χ0n) is 14.5. The van der Waals surface area contributed by atoms with E-state index in [1.54, 1.807) is 0 Å². The van der Waals surface area contributed by atoms with Crippen LogP contribution in [-0.2, 0) is 13.1 Å². The van der Waals surface area contributed by atoms with E-state index < -0.39 is 4.92 Å². The predicted molar refractivity (Wildman–Crippen MR) is 104 cm³/mol. The number of hydrogen-bond acceptors (Lipinski definition) is 6. The third-order valence-corrected chi connectivity index (χ3v) is 3.94. The molecule has 0 aliphatic rings. The molecule has 0 amide bonds. The molecule has 0 radical (unpaired) electrons. The number of nitrogens with zero attached hydrogens (tertiary/aromatic N) is 2. The molecule has 0 saturated carbocycles. The Hall–Kier alpha value is -3.74. The van der Waals surface area contributed by atoms with Crippen molar-refractivity contribution in [2.75, 3.05) is 10.6 Å². The Kier molecular flexibility index (Phi) is 5.73. The van der Waals surface area contributed by atoms with Gasteiger partial charge in [0.1, 0.15) is 11.4 Å². The van der Waals surface area contributed by atoms with Crippen LogP contribution in [0.15, 0.2) is 66.7 Å². The summed E-state index contributed by atoms with van der Waals surface area (Å²) in [5.41, 5.74) is 2.09. The zero-order chi connectivity index (χ0) is 19.1. The van der Waals surface area contributed by atoms with Gasteiger partial charge in [0.2, 0.25) is 5.82 Å². The molecule has 1 heterocycles. The molecule has 0 saturated heterocycles. The van der Waals surface area contributed by atoms with Crippen molar-refractivity contribution in [1.82, 2.24) is 4.98 Å². The van der Waals surface area contributed by atoms with Crippen LogP contribution in [0.1, 0.15) is 21.6 Å². The molecule has 136 valence electrons. The number of carbonyl (C=O) groups excluding carboxylic acids is 1. The van der Waals surface area contributed by atoms with Gasteiger partial charge in [-0.05, 0) is 17.2 Å². The van der Waals surface area contributed by atoms with Crippen LogP contribution in [0.25, 0.3) is 0 Å². The van der Waals surface area contributed by atoms with Crippen LogP contribution < -0.4 is 10.6 Å². The minimum atomic E-state index is -0.498. The second-order valence-electron chi connectivity index (χ2n) is 5.85. The first-order chi connectivity index (χ1) is 13.2. The maximum atomic E-state index is 11.7. The summed E-state index contributed by atoms with van der Waals surface area (Å²) in [6.45, 7) is 0.747. The summed E-state index contributed by atoms with van der Waals surface area (Å²) in [7, 11) is 0. The third kappa shape index (κ3) is 4.66. The van der Waals surface area contributed by atoms with Gasteiger partial charge in [0.15, 0.2) is 6.29 Å². The molecule has 3 rings (SSSR count). The first-order valence-corrected chi connectivity index (χ1v) is 8.37. The van der Waals surface area contributed by atoms with Crippen molar-refractivity contribution in [3.05, 3.63) is 93.7 Å². The Morgan fingerprint density at radius 3 is 2.00 bits per heavy atom. The molecule has 7 heteroatoms. The van der Waals surface area contributed by atoms with Gasteiger partial charge in [-0.1, -0.05) is 60.7 Å². The maximum Gasteiger partial charge on any atom is 0.334 e. The molecule has 0 aliphatic heterocycles. The molecule has 2 N–H and O–H groups in total. The fraction of sp³-hybridized carbons (Fsp3) is 0.100. The van der Waals surface area contributed by atoms with Crippen molar-refractivity contribution in [2.24, 2.45) is 0 Å². The number of aromatic nitrogens is 1. The van der Waals surface area contributed by atoms with Crippen LogP contribution >= 0.6 is 0 Å². The minimum absolute atomic E-state index is 0.0593. The molecule has 7 nitrogen and oxygen atoms in total. The topological polar surface area (TPSA) is 97.2 Å². The Morgan fingerprint density at radius 2 is 1.48 bits per heavy atom. The Bertz CT molecular complexity index is 866. The Morgan fingerprint density at radius 1 is 0.926 bits per heavy atom. The molecule has 0 spiro atoms. The number of anilines is 2. The normalized spacial score (nSPS) is 10.2. The van der Waals surface area contributed by atoms with Crippen LogP contribution in [0, 0.1) is 10.1 Å². The Labute approximate surface area is 156 Å². The molecule has 27 heavy (non-hydrogen) atoms. The van der Waals surface area contributed by atoms with Gasteiger partial charge in [-0.3, -0.25) is 14.9 Å². The van der Waals surface area contributed by atoms with Crippen LogP contribution in [0.2, 0.25) is 0 Å². The van der Waals surface area contributed by atoms with Crippen molar-refractivity contribution < 1.29 is 9.72 Å². The fourth-order valence-electron chi connectivity index (χ4n) is 2.64. The van der Waals surface area contributed by atoms with E-state index in [1.807, 2.05) is 60.7 Å². The van der Waals surface area contributed by atoms with Crippen LogP contribution in [0.5, 0.6) is 0 Å². The van der Waals surface area contributed by atoms with Gasteiger partial charge >= 0.3 is 5.69 Å². The summed E-state index contributed by atoms with van der Waals surface area (Å²) in [6, 6.07) is 20.3. The molecule has 0 bridgehead atoms. The van der Waals surface area contributed by atoms with E-state index in [-0.39, 0.29) is 22.9 Å². The largest absolute Gasteiger partial charge is 0.375 e. The molecule has 2 aromatic carbocycles. The van der Waals surface area contributed by atoms with E-state index in [9.17, 15) is 14.9 Å². The minimum Gasteiger partial charge on any atom is -0.375 e. The van der Waals surface area contributed by atoms with E-state index in [0.717, 1.165) is 11.1 Å². The number of hydrogen-bond donors (Lipinski definition) is 2. The third-order valence-electron chi connectivity index (χ3n) is 3.94. The van der Waals surface area contributed by atoms with E-state index in [4.69, 9.17) is 0 Å². The Balaban J connectivity index is 1.89. The van der Waals surface area contributed by atoms with Gasteiger partial charge in [0, 0.05) is 13.1 Å². The van der Waals surface area contributed by atoms with Gasteiger partial charge in [-0.15, -0.1) is 0 Å². The molecule has 0 atom stereocenters. The number of nitrogens with one attached hydrogen (secondary N) is 2. The SMILES string of the molecule is O=Cc1cc(NCc2ccccc2)c([N+](=O)[O-])c(NCc2ccccc2)n1. The predicted octanol–water partition coefficient (Wildman–Crippen LogP) is 4.03. The quantitative estimate of drug-likeness (QED) is 0.357. The van der Waals surface area contributed by atoms with Gasteiger partial charge in [-0.25, -0.2) is 4.98 Å². The molecule has 3 aromatic rings. The highest BCUT2D eigenvalue weighted by atomic mass is 16.6. The van der Waals surface area contributed by atoms with Crippen molar-refractivity contribution in [2.45, 2.75) is 13.1 Å². The first kappa shape index (κ1) is 18.1. The number of pyridine rings is 1. The van der Waals surface area contributed by atoms with E-state index in [2.05, 4.69) is 15.6 Å². The summed E-state index contributed by atoms with van der Waals surface area (Å²) in [5.74, 6) is 0.0593. The van der Waals surface area contributed by atoms with Crippen LogP contribution in [-0.4, -0.2) is 16.2 Å². The van der Waals surface area contributed by atoms with Gasteiger partial charge in [-0.2, -0.15) is 0 Å². The summed E-state index contributed by atoms with van der Waals surface area (Å²) >= 11 is 0. The molecule has 1 aromatic heterocycles. The second kappa shape index (κ2) is 8.57. The summed E-state index contributed by atoms with van der Waals surface area (Å²) in [5, 5.41) is 17.7. The monoisotopic (exact) mass is 362 g/mol. The van der Waals surface area contributed by atoms with Gasteiger partial charge in [0.25, 0.3) is 0 Å². The number of carbonyl (C=O) groups is 1. The van der Waals surface area contributed by atoms with Crippen molar-refractivity contribution in [3.8, 4) is 0 Å². The number of rotatable bonds is 8.